The number of nitrogens with one attached hydrogen (secondary N) is 1. The number of nitrogens with zero attached hydrogens (tertiary/aromatic N) is 6. The zero-order chi connectivity index (χ0) is 22.2. The third-order valence-electron chi connectivity index (χ3n) is 5.56. The van der Waals surface area contributed by atoms with E-state index < -0.39 is 0 Å². The third-order valence-corrected chi connectivity index (χ3v) is 6.73. The number of carbonyl (C=O) groups is 1. The van der Waals surface area contributed by atoms with Crippen LogP contribution in [0.3, 0.4) is 0 Å². The van der Waals surface area contributed by atoms with Gasteiger partial charge in [-0.3, -0.25) is 4.79 Å². The van der Waals surface area contributed by atoms with Crippen LogP contribution in [0.2, 0.25) is 5.02 Å². The van der Waals surface area contributed by atoms with E-state index in [0.717, 1.165) is 46.8 Å². The number of fused-ring (bicyclic) bond motifs is 1. The van der Waals surface area contributed by atoms with Crippen molar-refractivity contribution in [3.8, 4) is 5.82 Å². The lowest BCUT2D eigenvalue weighted by atomic mass is 9.97. The molecule has 3 aromatic heterocycles. The number of halogens is 1. The number of thiazole rings is 1. The number of aromatic nitrogens is 5. The molecule has 4 aromatic rings. The van der Waals surface area contributed by atoms with E-state index in [-0.39, 0.29) is 11.8 Å². The van der Waals surface area contributed by atoms with Gasteiger partial charge in [0.15, 0.2) is 16.8 Å². The molecule has 0 spiro atoms. The summed E-state index contributed by atoms with van der Waals surface area (Å²) in [7, 11) is 0. The third kappa shape index (κ3) is 4.18. The van der Waals surface area contributed by atoms with Crippen LogP contribution < -0.4 is 10.2 Å². The maximum atomic E-state index is 12.9. The largest absolute Gasteiger partial charge is 0.354 e. The van der Waals surface area contributed by atoms with E-state index >= 15 is 0 Å². The average molecular weight is 468 g/mol. The van der Waals surface area contributed by atoms with E-state index in [9.17, 15) is 4.79 Å². The van der Waals surface area contributed by atoms with Gasteiger partial charge in [-0.05, 0) is 63.1 Å². The van der Waals surface area contributed by atoms with Crippen LogP contribution in [0.25, 0.3) is 16.0 Å². The molecule has 5 rings (SSSR count). The highest BCUT2D eigenvalue weighted by molar-refractivity contribution is 7.22. The minimum absolute atomic E-state index is 0.0212. The normalized spacial score (nSPS) is 16.5. The molecule has 0 saturated carbocycles. The van der Waals surface area contributed by atoms with Gasteiger partial charge in [0.2, 0.25) is 5.91 Å². The number of hydrogen-bond acceptors (Lipinski definition) is 7. The Hall–Kier alpha value is -3.04. The van der Waals surface area contributed by atoms with Gasteiger partial charge in [0, 0.05) is 23.8 Å². The molecule has 0 bridgehead atoms. The fourth-order valence-corrected chi connectivity index (χ4v) is 5.16. The van der Waals surface area contributed by atoms with Crippen LogP contribution in [0.1, 0.15) is 24.2 Å². The highest BCUT2D eigenvalue weighted by Crippen LogP contribution is 2.29. The highest BCUT2D eigenvalue weighted by atomic mass is 35.5. The lowest BCUT2D eigenvalue weighted by Gasteiger charge is -2.32. The molecule has 1 N–H and O–H groups in total. The Balaban J connectivity index is 1.27. The number of aryl methyl sites for hydroxylation is 2. The summed E-state index contributed by atoms with van der Waals surface area (Å²) >= 11 is 7.48. The minimum atomic E-state index is -0.142. The molecule has 1 fully saturated rings. The number of piperidine rings is 1. The number of benzene rings is 1. The molecule has 1 aliphatic heterocycles. The van der Waals surface area contributed by atoms with E-state index in [1.165, 1.54) is 11.3 Å². The molecule has 1 aliphatic rings. The zero-order valence-corrected chi connectivity index (χ0v) is 19.3. The molecule has 1 aromatic carbocycles. The molecule has 32 heavy (non-hydrogen) atoms. The molecule has 0 aliphatic carbocycles. The number of rotatable bonds is 4. The number of carbonyl (C=O) groups excluding carboxylic acids is 1. The van der Waals surface area contributed by atoms with Crippen LogP contribution in [0.15, 0.2) is 36.4 Å². The molecular formula is C22H22ClN7OS. The highest BCUT2D eigenvalue weighted by Gasteiger charge is 2.27. The molecular weight excluding hydrogens is 446 g/mol. The van der Waals surface area contributed by atoms with Crippen LogP contribution in [-0.2, 0) is 4.79 Å². The van der Waals surface area contributed by atoms with Gasteiger partial charge in [-0.2, -0.15) is 5.10 Å². The van der Waals surface area contributed by atoms with Crippen LogP contribution >= 0.6 is 22.9 Å². The summed E-state index contributed by atoms with van der Waals surface area (Å²) in [6.45, 7) is 5.38. The standard InChI is InChI=1S/C22H22ClN7OS/c1-13-10-14(2)30(28-13)20-8-7-19(26-27-20)29-9-3-4-15(12-29)21(31)25-22-24-17-6-5-16(23)11-18(17)32-22/h5-8,10-11,15H,3-4,9,12H2,1-2H3,(H,24,25,31). The smallest absolute Gasteiger partial charge is 0.231 e. The Kier molecular flexibility index (Phi) is 5.52. The first kappa shape index (κ1) is 20.8. The molecule has 164 valence electrons. The first-order valence-corrected chi connectivity index (χ1v) is 11.6. The van der Waals surface area contributed by atoms with Gasteiger partial charge in [0.05, 0.1) is 21.8 Å². The van der Waals surface area contributed by atoms with Crippen LogP contribution in [0.5, 0.6) is 0 Å². The van der Waals surface area contributed by atoms with Crippen molar-refractivity contribution in [2.24, 2.45) is 5.92 Å². The summed E-state index contributed by atoms with van der Waals surface area (Å²) in [6, 6.07) is 11.4. The lowest BCUT2D eigenvalue weighted by Crippen LogP contribution is -2.41. The van der Waals surface area contributed by atoms with Gasteiger partial charge in [-0.1, -0.05) is 22.9 Å². The van der Waals surface area contributed by atoms with Gasteiger partial charge < -0.3 is 10.2 Å². The fraction of sp³-hybridized carbons (Fsp3) is 0.318. The molecule has 8 nitrogen and oxygen atoms in total. The van der Waals surface area contributed by atoms with E-state index in [1.807, 2.05) is 44.2 Å². The Morgan fingerprint density at radius 1 is 1.16 bits per heavy atom. The summed E-state index contributed by atoms with van der Waals surface area (Å²) in [4.78, 5) is 19.5. The second-order valence-electron chi connectivity index (χ2n) is 7.99. The summed E-state index contributed by atoms with van der Waals surface area (Å²) < 4.78 is 2.74. The van der Waals surface area contributed by atoms with Gasteiger partial charge >= 0.3 is 0 Å². The van der Waals surface area contributed by atoms with Gasteiger partial charge in [0.25, 0.3) is 0 Å². The number of anilines is 2. The molecule has 10 heteroatoms. The summed E-state index contributed by atoms with van der Waals surface area (Å²) in [5.74, 6) is 1.29. The van der Waals surface area contributed by atoms with E-state index in [4.69, 9.17) is 11.6 Å². The van der Waals surface area contributed by atoms with Crippen molar-refractivity contribution in [3.63, 3.8) is 0 Å². The topological polar surface area (TPSA) is 88.8 Å². The van der Waals surface area contributed by atoms with Crippen molar-refractivity contribution in [3.05, 3.63) is 52.8 Å². The number of hydrogen-bond donors (Lipinski definition) is 1. The van der Waals surface area contributed by atoms with E-state index in [0.29, 0.717) is 22.5 Å². The quantitative estimate of drug-likeness (QED) is 0.478. The molecule has 4 heterocycles. The lowest BCUT2D eigenvalue weighted by molar-refractivity contribution is -0.120. The summed E-state index contributed by atoms with van der Waals surface area (Å²) in [6.07, 6.45) is 1.74. The van der Waals surface area contributed by atoms with Gasteiger partial charge in [-0.15, -0.1) is 10.2 Å². The van der Waals surface area contributed by atoms with Crippen LogP contribution in [0, 0.1) is 19.8 Å². The second kappa shape index (κ2) is 8.48. The second-order valence-corrected chi connectivity index (χ2v) is 9.46. The van der Waals surface area contributed by atoms with Crippen molar-refractivity contribution in [2.75, 3.05) is 23.3 Å². The fourth-order valence-electron chi connectivity index (χ4n) is 4.02. The molecule has 1 saturated heterocycles. The summed E-state index contributed by atoms with van der Waals surface area (Å²) in [5, 5.41) is 17.5. The monoisotopic (exact) mass is 467 g/mol. The van der Waals surface area contributed by atoms with Gasteiger partial charge in [0.1, 0.15) is 0 Å². The van der Waals surface area contributed by atoms with E-state index in [1.54, 1.807) is 10.7 Å². The Morgan fingerprint density at radius 2 is 1.97 bits per heavy atom. The van der Waals surface area contributed by atoms with Crippen molar-refractivity contribution in [1.29, 1.82) is 0 Å². The predicted molar refractivity (Wildman–Crippen MR) is 127 cm³/mol. The first-order chi connectivity index (χ1) is 15.5. The maximum Gasteiger partial charge on any atom is 0.231 e. The molecule has 1 atom stereocenters. The van der Waals surface area contributed by atoms with Crippen molar-refractivity contribution >= 4 is 50.0 Å². The average Bonchev–Trinajstić information content (AvgIpc) is 3.34. The zero-order valence-electron chi connectivity index (χ0n) is 17.7. The Labute approximate surface area is 194 Å². The maximum absolute atomic E-state index is 12.9. The Morgan fingerprint density at radius 3 is 2.72 bits per heavy atom. The van der Waals surface area contributed by atoms with Crippen molar-refractivity contribution in [2.45, 2.75) is 26.7 Å². The van der Waals surface area contributed by atoms with Gasteiger partial charge in [-0.25, -0.2) is 9.67 Å². The first-order valence-electron chi connectivity index (χ1n) is 10.5. The van der Waals surface area contributed by atoms with Crippen LogP contribution in [-0.4, -0.2) is 44.0 Å². The molecule has 0 radical (unpaired) electrons. The SMILES string of the molecule is Cc1cc(C)n(-c2ccc(N3CCCC(C(=O)Nc4nc5ccc(Cl)cc5s4)C3)nn2)n1. The minimum Gasteiger partial charge on any atom is -0.354 e. The van der Waals surface area contributed by atoms with Crippen molar-refractivity contribution in [1.82, 2.24) is 25.0 Å². The van der Waals surface area contributed by atoms with Crippen molar-refractivity contribution < 1.29 is 4.79 Å². The molecule has 1 unspecified atom stereocenters. The Bertz CT molecular complexity index is 1280. The summed E-state index contributed by atoms with van der Waals surface area (Å²) in [5.41, 5.74) is 2.78. The molecule has 1 amide bonds. The predicted octanol–water partition coefficient (Wildman–Crippen LogP) is 4.40. The van der Waals surface area contributed by atoms with E-state index in [2.05, 4.69) is 30.5 Å². The number of amides is 1. The van der Waals surface area contributed by atoms with Crippen LogP contribution in [0.4, 0.5) is 10.9 Å².